The topological polar surface area (TPSA) is 91.8 Å². The van der Waals surface area contributed by atoms with E-state index in [0.717, 1.165) is 30.9 Å². The standard InChI is InChI=1S/C20H32N4O3S.HI/c1-2-21-20(24-17-6-3-4-7-17)22-14-16-9-11-19(12-10-16)28(25,26)23-15-18-8-5-13-27-18;/h9-12,17-18,23H,2-8,13-15H2,1H3,(H2,21,22,24);1H. The maximum atomic E-state index is 12.4. The predicted octanol–water partition coefficient (Wildman–Crippen LogP) is 2.76. The lowest BCUT2D eigenvalue weighted by Gasteiger charge is -2.16. The summed E-state index contributed by atoms with van der Waals surface area (Å²) in [7, 11) is -3.51. The van der Waals surface area contributed by atoms with Crippen LogP contribution in [0.25, 0.3) is 0 Å². The van der Waals surface area contributed by atoms with Gasteiger partial charge >= 0.3 is 0 Å². The Hall–Kier alpha value is -0.910. The van der Waals surface area contributed by atoms with Gasteiger partial charge < -0.3 is 15.4 Å². The van der Waals surface area contributed by atoms with Crippen molar-refractivity contribution in [3.05, 3.63) is 29.8 Å². The summed E-state index contributed by atoms with van der Waals surface area (Å²) in [5.74, 6) is 0.823. The highest BCUT2D eigenvalue weighted by molar-refractivity contribution is 14.0. The van der Waals surface area contributed by atoms with Crippen molar-refractivity contribution in [2.24, 2.45) is 4.99 Å². The zero-order valence-electron chi connectivity index (χ0n) is 17.0. The second kappa shape index (κ2) is 12.1. The number of aliphatic imine (C=N–C) groups is 1. The van der Waals surface area contributed by atoms with Crippen molar-refractivity contribution in [3.8, 4) is 0 Å². The van der Waals surface area contributed by atoms with Crippen LogP contribution < -0.4 is 15.4 Å². The average Bonchev–Trinajstić information content (AvgIpc) is 3.39. The van der Waals surface area contributed by atoms with Crippen molar-refractivity contribution in [1.29, 1.82) is 0 Å². The monoisotopic (exact) mass is 536 g/mol. The fourth-order valence-corrected chi connectivity index (χ4v) is 4.69. The first kappa shape index (κ1) is 24.4. The minimum Gasteiger partial charge on any atom is -0.377 e. The Morgan fingerprint density at radius 2 is 1.86 bits per heavy atom. The second-order valence-corrected chi connectivity index (χ2v) is 9.22. The maximum Gasteiger partial charge on any atom is 0.240 e. The first-order valence-corrected chi connectivity index (χ1v) is 11.8. The molecule has 164 valence electrons. The molecule has 2 aliphatic rings. The minimum atomic E-state index is -3.51. The highest BCUT2D eigenvalue weighted by Crippen LogP contribution is 2.18. The van der Waals surface area contributed by atoms with E-state index in [1.807, 2.05) is 12.1 Å². The lowest BCUT2D eigenvalue weighted by molar-refractivity contribution is 0.114. The normalized spacial score (nSPS) is 20.4. The number of hydrogen-bond acceptors (Lipinski definition) is 4. The van der Waals surface area contributed by atoms with E-state index < -0.39 is 10.0 Å². The summed E-state index contributed by atoms with van der Waals surface area (Å²) >= 11 is 0. The summed E-state index contributed by atoms with van der Waals surface area (Å²) in [5.41, 5.74) is 0.974. The molecule has 1 aliphatic heterocycles. The number of sulfonamides is 1. The van der Waals surface area contributed by atoms with Crippen molar-refractivity contribution < 1.29 is 13.2 Å². The van der Waals surface area contributed by atoms with Gasteiger partial charge in [0.25, 0.3) is 0 Å². The highest BCUT2D eigenvalue weighted by atomic mass is 127. The van der Waals surface area contributed by atoms with E-state index >= 15 is 0 Å². The fraction of sp³-hybridized carbons (Fsp3) is 0.650. The summed E-state index contributed by atoms with van der Waals surface area (Å²) in [5, 5.41) is 6.77. The Bertz CT molecular complexity index is 743. The maximum absolute atomic E-state index is 12.4. The van der Waals surface area contributed by atoms with Crippen LogP contribution >= 0.6 is 24.0 Å². The summed E-state index contributed by atoms with van der Waals surface area (Å²) < 4.78 is 33.0. The average molecular weight is 536 g/mol. The Balaban J connectivity index is 0.00000300. The minimum absolute atomic E-state index is 0. The van der Waals surface area contributed by atoms with Gasteiger partial charge in [-0.1, -0.05) is 25.0 Å². The molecule has 0 spiro atoms. The zero-order chi connectivity index (χ0) is 19.8. The van der Waals surface area contributed by atoms with Crippen molar-refractivity contribution in [2.45, 2.75) is 69.0 Å². The number of nitrogens with zero attached hydrogens (tertiary/aromatic N) is 1. The van der Waals surface area contributed by atoms with Crippen LogP contribution in [0.1, 0.15) is 51.0 Å². The zero-order valence-corrected chi connectivity index (χ0v) is 20.2. The molecule has 29 heavy (non-hydrogen) atoms. The third kappa shape index (κ3) is 7.69. The molecule has 1 saturated heterocycles. The van der Waals surface area contributed by atoms with Gasteiger partial charge in [0.2, 0.25) is 10.0 Å². The van der Waals surface area contributed by atoms with Gasteiger partial charge in [-0.3, -0.25) is 0 Å². The molecule has 0 aromatic heterocycles. The number of guanidine groups is 1. The van der Waals surface area contributed by atoms with Crippen LogP contribution in [0.3, 0.4) is 0 Å². The van der Waals surface area contributed by atoms with Gasteiger partial charge in [-0.2, -0.15) is 0 Å². The van der Waals surface area contributed by atoms with Crippen molar-refractivity contribution >= 4 is 40.0 Å². The highest BCUT2D eigenvalue weighted by Gasteiger charge is 2.20. The molecule has 3 rings (SSSR count). The van der Waals surface area contributed by atoms with Gasteiger partial charge in [-0.15, -0.1) is 24.0 Å². The number of nitrogens with one attached hydrogen (secondary N) is 3. The van der Waals surface area contributed by atoms with Crippen LogP contribution in [0.5, 0.6) is 0 Å². The van der Waals surface area contributed by atoms with Crippen LogP contribution in [0.2, 0.25) is 0 Å². The van der Waals surface area contributed by atoms with E-state index in [4.69, 9.17) is 4.74 Å². The van der Waals surface area contributed by atoms with Gasteiger partial charge in [0.1, 0.15) is 0 Å². The van der Waals surface area contributed by atoms with E-state index in [-0.39, 0.29) is 35.0 Å². The molecule has 0 radical (unpaired) electrons. The lowest BCUT2D eigenvalue weighted by Crippen LogP contribution is -2.42. The van der Waals surface area contributed by atoms with E-state index in [1.54, 1.807) is 12.1 Å². The van der Waals surface area contributed by atoms with Crippen LogP contribution in [-0.4, -0.2) is 46.2 Å². The Labute approximate surface area is 191 Å². The molecule has 1 aromatic rings. The molecule has 7 nitrogen and oxygen atoms in total. The molecular formula is C20H33IN4O3S. The van der Waals surface area contributed by atoms with E-state index in [1.165, 1.54) is 25.7 Å². The molecule has 9 heteroatoms. The summed E-state index contributed by atoms with van der Waals surface area (Å²) in [6, 6.07) is 7.42. The van der Waals surface area contributed by atoms with E-state index in [9.17, 15) is 8.42 Å². The molecular weight excluding hydrogens is 503 g/mol. The molecule has 1 aromatic carbocycles. The third-order valence-corrected chi connectivity index (χ3v) is 6.66. The van der Waals surface area contributed by atoms with E-state index in [0.29, 0.717) is 25.7 Å². The lowest BCUT2D eigenvalue weighted by atomic mass is 10.2. The molecule has 1 unspecified atom stereocenters. The predicted molar refractivity (Wildman–Crippen MR) is 126 cm³/mol. The SMILES string of the molecule is CCNC(=NCc1ccc(S(=O)(=O)NCC2CCCO2)cc1)NC1CCCC1.I. The molecule has 1 aliphatic carbocycles. The molecule has 1 heterocycles. The first-order valence-electron chi connectivity index (χ1n) is 10.3. The molecule has 1 saturated carbocycles. The van der Waals surface area contributed by atoms with Crippen molar-refractivity contribution in [2.75, 3.05) is 19.7 Å². The summed E-state index contributed by atoms with van der Waals surface area (Å²) in [4.78, 5) is 4.91. The Morgan fingerprint density at radius 1 is 1.14 bits per heavy atom. The molecule has 2 fully saturated rings. The smallest absolute Gasteiger partial charge is 0.240 e. The largest absolute Gasteiger partial charge is 0.377 e. The van der Waals surface area contributed by atoms with Gasteiger partial charge in [-0.05, 0) is 50.3 Å². The van der Waals surface area contributed by atoms with Crippen molar-refractivity contribution in [1.82, 2.24) is 15.4 Å². The molecule has 0 bridgehead atoms. The fourth-order valence-electron chi connectivity index (χ4n) is 3.62. The molecule has 1 atom stereocenters. The van der Waals surface area contributed by atoms with Crippen LogP contribution in [-0.2, 0) is 21.3 Å². The van der Waals surface area contributed by atoms with Gasteiger partial charge in [0.05, 0.1) is 17.5 Å². The number of ether oxygens (including phenoxy) is 1. The summed E-state index contributed by atoms with van der Waals surface area (Å²) in [6.07, 6.45) is 6.81. The Morgan fingerprint density at radius 3 is 2.48 bits per heavy atom. The third-order valence-electron chi connectivity index (χ3n) is 5.22. The van der Waals surface area contributed by atoms with Crippen LogP contribution in [0.4, 0.5) is 0 Å². The quantitative estimate of drug-likeness (QED) is 0.270. The Kier molecular flexibility index (Phi) is 10.1. The number of rotatable bonds is 8. The van der Waals surface area contributed by atoms with Gasteiger partial charge in [0, 0.05) is 25.7 Å². The van der Waals surface area contributed by atoms with Gasteiger partial charge in [-0.25, -0.2) is 18.1 Å². The summed E-state index contributed by atoms with van der Waals surface area (Å²) in [6.45, 7) is 4.41. The number of halogens is 1. The van der Waals surface area contributed by atoms with Crippen molar-refractivity contribution in [3.63, 3.8) is 0 Å². The van der Waals surface area contributed by atoms with Crippen LogP contribution in [0.15, 0.2) is 34.2 Å². The first-order chi connectivity index (χ1) is 13.6. The molecule has 3 N–H and O–H groups in total. The number of benzene rings is 1. The second-order valence-electron chi connectivity index (χ2n) is 7.45. The van der Waals surface area contributed by atoms with Crippen LogP contribution in [0, 0.1) is 0 Å². The van der Waals surface area contributed by atoms with E-state index in [2.05, 4.69) is 27.3 Å². The molecule has 0 amide bonds. The number of hydrogen-bond donors (Lipinski definition) is 3. The van der Waals surface area contributed by atoms with Gasteiger partial charge in [0.15, 0.2) is 5.96 Å².